The van der Waals surface area contributed by atoms with E-state index in [1.807, 2.05) is 0 Å². The van der Waals surface area contributed by atoms with Gasteiger partial charge in [-0.3, -0.25) is 0 Å². The lowest BCUT2D eigenvalue weighted by Crippen LogP contribution is -2.22. The Bertz CT molecular complexity index is 264. The second-order valence-corrected chi connectivity index (χ2v) is 5.08. The Kier molecular flexibility index (Phi) is 2.09. The molecular formula is C13H20. The monoisotopic (exact) mass is 176 g/mol. The molecule has 2 aliphatic carbocycles. The summed E-state index contributed by atoms with van der Waals surface area (Å²) in [4.78, 5) is 0. The van der Waals surface area contributed by atoms with Gasteiger partial charge in [0.15, 0.2) is 0 Å². The van der Waals surface area contributed by atoms with Crippen molar-refractivity contribution in [1.82, 2.24) is 0 Å². The van der Waals surface area contributed by atoms with Gasteiger partial charge >= 0.3 is 0 Å². The van der Waals surface area contributed by atoms with E-state index in [1.165, 1.54) is 44.1 Å². The van der Waals surface area contributed by atoms with E-state index in [2.05, 4.69) is 20.4 Å². The van der Waals surface area contributed by atoms with E-state index in [1.54, 1.807) is 11.1 Å². The van der Waals surface area contributed by atoms with Crippen LogP contribution in [0.4, 0.5) is 0 Å². The third kappa shape index (κ3) is 1.72. The molecule has 0 spiro atoms. The third-order valence-corrected chi connectivity index (χ3v) is 3.84. The molecule has 1 atom stereocenters. The van der Waals surface area contributed by atoms with Crippen molar-refractivity contribution < 1.29 is 0 Å². The number of hydrogen-bond donors (Lipinski definition) is 0. The maximum absolute atomic E-state index is 4.14. The van der Waals surface area contributed by atoms with Gasteiger partial charge in [-0.05, 0) is 50.9 Å². The zero-order valence-electron chi connectivity index (χ0n) is 8.95. The van der Waals surface area contributed by atoms with Crippen LogP contribution >= 0.6 is 0 Å². The van der Waals surface area contributed by atoms with Crippen LogP contribution in [0.1, 0.15) is 52.4 Å². The molecule has 0 aromatic carbocycles. The van der Waals surface area contributed by atoms with Crippen LogP contribution in [0, 0.1) is 5.41 Å². The standard InChI is InChI=1S/C13H20/c1-10(2)13(3)8-4-5-12(9-13)11-6-7-11/h1,4-9H2,2-3H3. The van der Waals surface area contributed by atoms with Crippen molar-refractivity contribution in [1.29, 1.82) is 0 Å². The van der Waals surface area contributed by atoms with Crippen LogP contribution in [0.3, 0.4) is 0 Å². The van der Waals surface area contributed by atoms with Crippen LogP contribution < -0.4 is 0 Å². The van der Waals surface area contributed by atoms with Crippen molar-refractivity contribution in [3.8, 4) is 0 Å². The minimum Gasteiger partial charge on any atom is -0.0996 e. The van der Waals surface area contributed by atoms with Gasteiger partial charge < -0.3 is 0 Å². The van der Waals surface area contributed by atoms with Crippen molar-refractivity contribution in [2.45, 2.75) is 52.4 Å². The minimum atomic E-state index is 0.420. The second-order valence-electron chi connectivity index (χ2n) is 5.08. The molecule has 0 saturated heterocycles. The average Bonchev–Trinajstić information content (AvgIpc) is 2.86. The summed E-state index contributed by atoms with van der Waals surface area (Å²) in [6.45, 7) is 8.72. The largest absolute Gasteiger partial charge is 0.0996 e. The van der Waals surface area contributed by atoms with Gasteiger partial charge in [-0.1, -0.05) is 30.2 Å². The number of allylic oxidation sites excluding steroid dienone is 3. The molecule has 0 aromatic heterocycles. The molecular weight excluding hydrogens is 156 g/mol. The Morgan fingerprint density at radius 3 is 2.46 bits per heavy atom. The van der Waals surface area contributed by atoms with E-state index in [4.69, 9.17) is 0 Å². The number of hydrogen-bond acceptors (Lipinski definition) is 0. The molecule has 72 valence electrons. The van der Waals surface area contributed by atoms with E-state index in [0.717, 1.165) is 0 Å². The smallest absolute Gasteiger partial charge is 0.00845 e. The summed E-state index contributed by atoms with van der Waals surface area (Å²) in [6.07, 6.45) is 8.18. The van der Waals surface area contributed by atoms with Crippen LogP contribution in [0.5, 0.6) is 0 Å². The van der Waals surface area contributed by atoms with Crippen molar-refractivity contribution in [3.63, 3.8) is 0 Å². The van der Waals surface area contributed by atoms with Gasteiger partial charge in [0.1, 0.15) is 0 Å². The summed E-state index contributed by atoms with van der Waals surface area (Å²) in [5, 5.41) is 0. The van der Waals surface area contributed by atoms with E-state index < -0.39 is 0 Å². The molecule has 0 bridgehead atoms. The van der Waals surface area contributed by atoms with Gasteiger partial charge in [-0.15, -0.1) is 0 Å². The lowest BCUT2D eigenvalue weighted by molar-refractivity contribution is 0.315. The van der Waals surface area contributed by atoms with Crippen LogP contribution in [0.25, 0.3) is 0 Å². The summed E-state index contributed by atoms with van der Waals surface area (Å²) < 4.78 is 0. The predicted octanol–water partition coefficient (Wildman–Crippen LogP) is 4.23. The van der Waals surface area contributed by atoms with Crippen LogP contribution in [0.15, 0.2) is 23.3 Å². The summed E-state index contributed by atoms with van der Waals surface area (Å²) in [5.74, 6) is 0. The normalized spacial score (nSPS) is 33.4. The molecule has 0 aliphatic heterocycles. The molecule has 0 amide bonds. The molecule has 0 N–H and O–H groups in total. The molecule has 2 rings (SSSR count). The van der Waals surface area contributed by atoms with Gasteiger partial charge in [0.05, 0.1) is 0 Å². The molecule has 13 heavy (non-hydrogen) atoms. The highest BCUT2D eigenvalue weighted by Gasteiger charge is 2.32. The summed E-state index contributed by atoms with van der Waals surface area (Å²) in [7, 11) is 0. The van der Waals surface area contributed by atoms with Crippen LogP contribution in [0.2, 0.25) is 0 Å². The fourth-order valence-corrected chi connectivity index (χ4v) is 2.42. The Hall–Kier alpha value is -0.520. The SMILES string of the molecule is C=C(C)C1(C)CCCC(=C2CC2)C1. The van der Waals surface area contributed by atoms with Crippen molar-refractivity contribution in [2.75, 3.05) is 0 Å². The van der Waals surface area contributed by atoms with Crippen LogP contribution in [-0.2, 0) is 0 Å². The summed E-state index contributed by atoms with van der Waals surface area (Å²) in [5.41, 5.74) is 5.35. The predicted molar refractivity (Wildman–Crippen MR) is 57.6 cm³/mol. The molecule has 0 nitrogen and oxygen atoms in total. The molecule has 0 heteroatoms. The van der Waals surface area contributed by atoms with Gasteiger partial charge in [-0.2, -0.15) is 0 Å². The number of rotatable bonds is 1. The van der Waals surface area contributed by atoms with Crippen LogP contribution in [-0.4, -0.2) is 0 Å². The molecule has 2 aliphatic rings. The first-order valence-corrected chi connectivity index (χ1v) is 5.47. The molecule has 0 aromatic rings. The lowest BCUT2D eigenvalue weighted by Gasteiger charge is -2.36. The third-order valence-electron chi connectivity index (χ3n) is 3.84. The average molecular weight is 176 g/mol. The van der Waals surface area contributed by atoms with Crippen molar-refractivity contribution >= 4 is 0 Å². The molecule has 0 radical (unpaired) electrons. The Labute approximate surface area is 81.7 Å². The minimum absolute atomic E-state index is 0.420. The summed E-state index contributed by atoms with van der Waals surface area (Å²) >= 11 is 0. The van der Waals surface area contributed by atoms with E-state index in [-0.39, 0.29) is 0 Å². The van der Waals surface area contributed by atoms with Gasteiger partial charge in [0, 0.05) is 0 Å². The zero-order valence-corrected chi connectivity index (χ0v) is 8.95. The Balaban J connectivity index is 2.16. The topological polar surface area (TPSA) is 0 Å². The Morgan fingerprint density at radius 2 is 1.92 bits per heavy atom. The highest BCUT2D eigenvalue weighted by atomic mass is 14.4. The van der Waals surface area contributed by atoms with E-state index >= 15 is 0 Å². The molecule has 2 saturated carbocycles. The fourth-order valence-electron chi connectivity index (χ4n) is 2.42. The van der Waals surface area contributed by atoms with E-state index in [0.29, 0.717) is 5.41 Å². The second kappa shape index (κ2) is 3.01. The Morgan fingerprint density at radius 1 is 1.23 bits per heavy atom. The van der Waals surface area contributed by atoms with Gasteiger partial charge in [0.25, 0.3) is 0 Å². The van der Waals surface area contributed by atoms with Crippen molar-refractivity contribution in [2.24, 2.45) is 5.41 Å². The maximum atomic E-state index is 4.14. The molecule has 2 fully saturated rings. The van der Waals surface area contributed by atoms with Gasteiger partial charge in [0.2, 0.25) is 0 Å². The first-order valence-electron chi connectivity index (χ1n) is 5.47. The molecule has 0 heterocycles. The maximum Gasteiger partial charge on any atom is -0.00845 e. The van der Waals surface area contributed by atoms with Crippen molar-refractivity contribution in [3.05, 3.63) is 23.3 Å². The fraction of sp³-hybridized carbons (Fsp3) is 0.692. The highest BCUT2D eigenvalue weighted by molar-refractivity contribution is 5.29. The van der Waals surface area contributed by atoms with E-state index in [9.17, 15) is 0 Å². The van der Waals surface area contributed by atoms with Gasteiger partial charge in [-0.25, -0.2) is 0 Å². The summed E-state index contributed by atoms with van der Waals surface area (Å²) in [6, 6.07) is 0. The molecule has 1 unspecified atom stereocenters. The highest BCUT2D eigenvalue weighted by Crippen LogP contribution is 2.47. The quantitative estimate of drug-likeness (QED) is 0.524. The first-order chi connectivity index (χ1) is 6.12. The lowest BCUT2D eigenvalue weighted by atomic mass is 9.69. The first kappa shape index (κ1) is 9.05. The zero-order chi connectivity index (χ0) is 9.47.